The predicted molar refractivity (Wildman–Crippen MR) is 152 cm³/mol. The Morgan fingerprint density at radius 2 is 1.84 bits per heavy atom. The number of thiazole rings is 1. The first kappa shape index (κ1) is 21.6. The first-order chi connectivity index (χ1) is 18.3. The van der Waals surface area contributed by atoms with Gasteiger partial charge >= 0.3 is 0 Å². The van der Waals surface area contributed by atoms with Crippen LogP contribution in [0.4, 0.5) is 0 Å². The van der Waals surface area contributed by atoms with Crippen LogP contribution in [0.5, 0.6) is 0 Å². The molecule has 2 aliphatic rings. The maximum absolute atomic E-state index is 9.35. The molecule has 2 aromatic heterocycles. The number of allylic oxidation sites excluding steroid dienone is 3. The summed E-state index contributed by atoms with van der Waals surface area (Å²) in [6.45, 7) is 0. The average molecular weight is 493 g/mol. The smallest absolute Gasteiger partial charge is 0.124 e. The molecule has 1 aliphatic heterocycles. The Bertz CT molecular complexity index is 1860. The Hall–Kier alpha value is -4.66. The van der Waals surface area contributed by atoms with E-state index < -0.39 is 0 Å². The van der Waals surface area contributed by atoms with E-state index >= 15 is 0 Å². The van der Waals surface area contributed by atoms with Gasteiger partial charge in [-0.3, -0.25) is 9.98 Å². The molecule has 2 unspecified atom stereocenters. The van der Waals surface area contributed by atoms with Gasteiger partial charge in [0.05, 0.1) is 33.4 Å². The molecule has 0 spiro atoms. The summed E-state index contributed by atoms with van der Waals surface area (Å²) in [5, 5.41) is 11.4. The van der Waals surface area contributed by atoms with Crippen molar-refractivity contribution in [1.29, 1.82) is 5.26 Å². The number of pyridine rings is 1. The maximum Gasteiger partial charge on any atom is 0.124 e. The van der Waals surface area contributed by atoms with E-state index in [1.807, 2.05) is 42.8 Å². The zero-order valence-corrected chi connectivity index (χ0v) is 20.6. The molecule has 1 aliphatic carbocycles. The molecule has 4 nitrogen and oxygen atoms in total. The number of aromatic nitrogens is 2. The van der Waals surface area contributed by atoms with E-state index in [1.165, 1.54) is 11.1 Å². The van der Waals surface area contributed by atoms with Crippen molar-refractivity contribution in [3.8, 4) is 27.8 Å². The fraction of sp³-hybridized carbons (Fsp3) is 0.0625. The summed E-state index contributed by atoms with van der Waals surface area (Å²) in [6, 6.07) is 25.1. The molecule has 0 bridgehead atoms. The Morgan fingerprint density at radius 3 is 2.78 bits per heavy atom. The van der Waals surface area contributed by atoms with E-state index in [4.69, 9.17) is 15.0 Å². The number of nitriles is 1. The van der Waals surface area contributed by atoms with E-state index in [0.29, 0.717) is 5.56 Å². The van der Waals surface area contributed by atoms with Crippen LogP contribution in [0.2, 0.25) is 0 Å². The number of rotatable bonds is 3. The molecule has 3 aromatic carbocycles. The molecule has 0 saturated carbocycles. The number of nitrogens with zero attached hydrogens (tertiary/aromatic N) is 4. The van der Waals surface area contributed by atoms with Crippen molar-refractivity contribution in [2.45, 2.75) is 12.0 Å². The minimum Gasteiger partial charge on any atom is -0.284 e. The average Bonchev–Trinajstić information content (AvgIpc) is 3.40. The zero-order chi connectivity index (χ0) is 24.8. The number of para-hydroxylation sites is 1. The van der Waals surface area contributed by atoms with Crippen molar-refractivity contribution in [2.24, 2.45) is 4.99 Å². The van der Waals surface area contributed by atoms with Gasteiger partial charge in [-0.15, -0.1) is 11.3 Å². The van der Waals surface area contributed by atoms with E-state index in [0.717, 1.165) is 42.8 Å². The van der Waals surface area contributed by atoms with Gasteiger partial charge in [-0.05, 0) is 59.2 Å². The van der Waals surface area contributed by atoms with Gasteiger partial charge in [-0.2, -0.15) is 5.26 Å². The molecule has 5 heteroatoms. The van der Waals surface area contributed by atoms with Crippen LogP contribution in [0.3, 0.4) is 0 Å². The molecule has 0 saturated heterocycles. The lowest BCUT2D eigenvalue weighted by molar-refractivity contribution is 0.692. The highest BCUT2D eigenvalue weighted by Gasteiger charge is 2.27. The van der Waals surface area contributed by atoms with E-state index in [1.54, 1.807) is 11.3 Å². The third-order valence-electron chi connectivity index (χ3n) is 6.96. The summed E-state index contributed by atoms with van der Waals surface area (Å²) in [4.78, 5) is 14.5. The van der Waals surface area contributed by atoms with Crippen molar-refractivity contribution >= 4 is 38.7 Å². The molecular formula is C32H20N4S. The largest absolute Gasteiger partial charge is 0.284 e. The first-order valence-electron chi connectivity index (χ1n) is 12.2. The fourth-order valence-electron chi connectivity index (χ4n) is 5.20. The molecule has 2 atom stereocenters. The van der Waals surface area contributed by atoms with Crippen LogP contribution in [0, 0.1) is 11.3 Å². The lowest BCUT2D eigenvalue weighted by Crippen LogP contribution is -2.21. The molecule has 0 radical (unpaired) electrons. The summed E-state index contributed by atoms with van der Waals surface area (Å²) in [5.41, 5.74) is 8.20. The number of aliphatic imine (C=N–C) groups is 1. The van der Waals surface area contributed by atoms with Crippen LogP contribution in [0.25, 0.3) is 42.8 Å². The highest BCUT2D eigenvalue weighted by Crippen LogP contribution is 2.40. The number of fused-ring (bicyclic) bond motifs is 3. The van der Waals surface area contributed by atoms with E-state index in [9.17, 15) is 5.26 Å². The Balaban J connectivity index is 1.44. The predicted octanol–water partition coefficient (Wildman–Crippen LogP) is 7.64. The van der Waals surface area contributed by atoms with Crippen molar-refractivity contribution < 1.29 is 0 Å². The second-order valence-corrected chi connectivity index (χ2v) is 10.2. The summed E-state index contributed by atoms with van der Waals surface area (Å²) in [7, 11) is 0. The Morgan fingerprint density at radius 1 is 0.919 bits per heavy atom. The number of dihydropyridines is 1. The van der Waals surface area contributed by atoms with Gasteiger partial charge in [0, 0.05) is 34.8 Å². The summed E-state index contributed by atoms with van der Waals surface area (Å²) >= 11 is 1.62. The highest BCUT2D eigenvalue weighted by atomic mass is 32.1. The van der Waals surface area contributed by atoms with Crippen molar-refractivity contribution in [2.75, 3.05) is 0 Å². The van der Waals surface area contributed by atoms with Gasteiger partial charge in [0.15, 0.2) is 0 Å². The molecule has 7 rings (SSSR count). The molecule has 0 amide bonds. The second-order valence-electron chi connectivity index (χ2n) is 9.22. The minimum absolute atomic E-state index is 0.0531. The number of benzene rings is 3. The molecule has 37 heavy (non-hydrogen) atoms. The lowest BCUT2D eigenvalue weighted by atomic mass is 9.81. The molecule has 3 heterocycles. The van der Waals surface area contributed by atoms with Crippen LogP contribution >= 0.6 is 11.3 Å². The van der Waals surface area contributed by atoms with Gasteiger partial charge in [-0.25, -0.2) is 4.98 Å². The van der Waals surface area contributed by atoms with Crippen molar-refractivity contribution in [1.82, 2.24) is 9.97 Å². The van der Waals surface area contributed by atoms with Gasteiger partial charge < -0.3 is 0 Å². The second kappa shape index (κ2) is 8.77. The van der Waals surface area contributed by atoms with E-state index in [-0.39, 0.29) is 12.0 Å². The number of hydrogen-bond acceptors (Lipinski definition) is 5. The van der Waals surface area contributed by atoms with E-state index in [2.05, 4.69) is 72.8 Å². The topological polar surface area (TPSA) is 61.9 Å². The van der Waals surface area contributed by atoms with Crippen LogP contribution in [-0.2, 0) is 0 Å². The summed E-state index contributed by atoms with van der Waals surface area (Å²) in [6.07, 6.45) is 14.4. The van der Waals surface area contributed by atoms with Gasteiger partial charge in [-0.1, -0.05) is 54.6 Å². The monoisotopic (exact) mass is 492 g/mol. The zero-order valence-electron chi connectivity index (χ0n) is 19.7. The van der Waals surface area contributed by atoms with Crippen molar-refractivity contribution in [3.63, 3.8) is 0 Å². The Labute approximate surface area is 218 Å². The lowest BCUT2D eigenvalue weighted by Gasteiger charge is -2.27. The van der Waals surface area contributed by atoms with Gasteiger partial charge in [0.25, 0.3) is 0 Å². The molecule has 0 fully saturated rings. The van der Waals surface area contributed by atoms with Crippen molar-refractivity contribution in [3.05, 3.63) is 120 Å². The third-order valence-corrected chi connectivity index (χ3v) is 8.03. The van der Waals surface area contributed by atoms with Gasteiger partial charge in [0.1, 0.15) is 5.01 Å². The standard InChI is InChI=1S/C32H20N4S/c33-19-20-11-12-28-29(15-20)37-32(36-28)25-17-23(26-9-1-5-21-7-3-13-34-30(21)26)16-24(18-25)27-10-2-6-22-8-4-14-35-31(22)27/h1-18,26,30H. The third kappa shape index (κ3) is 3.79. The van der Waals surface area contributed by atoms with Crippen LogP contribution in [0.15, 0.2) is 114 Å². The SMILES string of the molecule is N#Cc1ccc2nc(-c3cc(-c4cccc5cccnc45)cc(C4C=CC=C5C=CC=NC54)c3)sc2c1. The first-order valence-corrected chi connectivity index (χ1v) is 13.0. The fourth-order valence-corrected chi connectivity index (χ4v) is 6.19. The normalized spacial score (nSPS) is 18.1. The van der Waals surface area contributed by atoms with Crippen LogP contribution < -0.4 is 0 Å². The maximum atomic E-state index is 9.35. The van der Waals surface area contributed by atoms with Gasteiger partial charge in [0.2, 0.25) is 0 Å². The molecule has 174 valence electrons. The quantitative estimate of drug-likeness (QED) is 0.260. The minimum atomic E-state index is 0.0531. The summed E-state index contributed by atoms with van der Waals surface area (Å²) in [5.74, 6) is 0.113. The molecule has 5 aromatic rings. The summed E-state index contributed by atoms with van der Waals surface area (Å²) < 4.78 is 1.01. The highest BCUT2D eigenvalue weighted by molar-refractivity contribution is 7.21. The van der Waals surface area contributed by atoms with Crippen LogP contribution in [-0.4, -0.2) is 22.2 Å². The van der Waals surface area contributed by atoms with Crippen LogP contribution in [0.1, 0.15) is 17.0 Å². The number of hydrogen-bond donors (Lipinski definition) is 0. The molecule has 0 N–H and O–H groups in total. The molecular weight excluding hydrogens is 472 g/mol. The Kier molecular flexibility index (Phi) is 5.12.